The van der Waals surface area contributed by atoms with Crippen LogP contribution in [-0.2, 0) is 0 Å². The van der Waals surface area contributed by atoms with Crippen LogP contribution in [-0.4, -0.2) is 4.48 Å². The maximum absolute atomic E-state index is 2.44. The second-order valence-corrected chi connectivity index (χ2v) is 12.4. The van der Waals surface area contributed by atoms with Crippen LogP contribution in [0.5, 0.6) is 0 Å². The molecule has 1 spiro atoms. The average molecular weight is 571 g/mol. The van der Waals surface area contributed by atoms with Gasteiger partial charge in [0.2, 0.25) is 0 Å². The largest absolute Gasteiger partial charge is 0.217 e. The topological polar surface area (TPSA) is 0 Å². The molecule has 0 amide bonds. The molecule has 2 heterocycles. The van der Waals surface area contributed by atoms with Crippen molar-refractivity contribution in [2.45, 2.75) is 0 Å². The average Bonchev–Trinajstić information content (AvgIpc) is 3.32. The Morgan fingerprint density at radius 3 is 0.756 bits per heavy atom. The minimum absolute atomic E-state index is 0.466. The van der Waals surface area contributed by atoms with Crippen LogP contribution in [0.4, 0.5) is 0 Å². The molecule has 10 rings (SSSR count). The van der Waals surface area contributed by atoms with Gasteiger partial charge in [0.15, 0.2) is 0 Å². The highest BCUT2D eigenvalue weighted by Crippen LogP contribution is 2.25. The summed E-state index contributed by atoms with van der Waals surface area (Å²) in [6, 6.07) is 53.6. The quantitative estimate of drug-likeness (QED) is 0.167. The van der Waals surface area contributed by atoms with Crippen molar-refractivity contribution < 1.29 is 4.48 Å². The van der Waals surface area contributed by atoms with Gasteiger partial charge in [-0.1, -0.05) is 121 Å². The van der Waals surface area contributed by atoms with Crippen LogP contribution in [0.3, 0.4) is 0 Å². The normalized spacial score (nSPS) is 14.2. The molecule has 1 heteroatoms. The smallest absolute Gasteiger partial charge is 0.118 e. The molecule has 45 heavy (non-hydrogen) atoms. The highest BCUT2D eigenvalue weighted by atomic mass is 15.3. The van der Waals surface area contributed by atoms with Crippen molar-refractivity contribution in [1.29, 1.82) is 0 Å². The first kappa shape index (κ1) is 24.7. The molecular formula is C44H28N+. The zero-order valence-corrected chi connectivity index (χ0v) is 24.6. The van der Waals surface area contributed by atoms with Crippen molar-refractivity contribution in [2.75, 3.05) is 0 Å². The maximum atomic E-state index is 2.44. The monoisotopic (exact) mass is 570 g/mol. The summed E-state index contributed by atoms with van der Waals surface area (Å²) in [7, 11) is 0. The molecule has 0 N–H and O–H groups in total. The Hall–Kier alpha value is -5.76. The molecule has 2 aliphatic heterocycles. The lowest BCUT2D eigenvalue weighted by atomic mass is 10.0. The number of hydrogen-bond acceptors (Lipinski definition) is 0. The van der Waals surface area contributed by atoms with Crippen molar-refractivity contribution in [2.24, 2.45) is 0 Å². The standard InChI is InChI=1S/C44H28N/c1-5-13-37-29(9-1)17-21-33-25-45(26-34-22-18-30-10-2-6-14-38(30)42(34)41(33)37)27-35-23-19-31-11-3-7-15-39(31)43(35)44-36(28-45)24-20-32-12-4-8-16-40(32)44/h1-28H/q+1. The van der Waals surface area contributed by atoms with Crippen molar-refractivity contribution in [1.82, 2.24) is 0 Å². The van der Waals surface area contributed by atoms with E-state index in [1.807, 2.05) is 0 Å². The Labute approximate surface area is 259 Å². The lowest BCUT2D eigenvalue weighted by Gasteiger charge is -2.21. The van der Waals surface area contributed by atoms with Crippen molar-refractivity contribution >= 4 is 67.9 Å². The van der Waals surface area contributed by atoms with Gasteiger partial charge in [0, 0.05) is 41.7 Å². The molecular weight excluding hydrogens is 542 g/mol. The first-order valence-corrected chi connectivity index (χ1v) is 15.6. The molecule has 2 aliphatic rings. The van der Waals surface area contributed by atoms with Crippen LogP contribution in [0, 0.1) is 20.9 Å². The Balaban J connectivity index is 1.51. The Kier molecular flexibility index (Phi) is 5.00. The molecule has 8 aromatic carbocycles. The van der Waals surface area contributed by atoms with Gasteiger partial charge in [-0.15, -0.1) is 0 Å². The van der Waals surface area contributed by atoms with Gasteiger partial charge in [0.25, 0.3) is 0 Å². The second kappa shape index (κ2) is 9.12. The van der Waals surface area contributed by atoms with Crippen LogP contribution >= 0.6 is 0 Å². The molecule has 0 saturated heterocycles. The molecule has 0 unspecified atom stereocenters. The molecule has 208 valence electrons. The van der Waals surface area contributed by atoms with Gasteiger partial charge in [-0.05, 0) is 67.4 Å². The first-order chi connectivity index (χ1) is 22.2. The van der Waals surface area contributed by atoms with Gasteiger partial charge in [-0.2, -0.15) is 0 Å². The summed E-state index contributed by atoms with van der Waals surface area (Å²) in [6.45, 7) is 0. The van der Waals surface area contributed by atoms with Gasteiger partial charge in [0.1, 0.15) is 24.8 Å². The van der Waals surface area contributed by atoms with E-state index >= 15 is 0 Å². The van der Waals surface area contributed by atoms with Gasteiger partial charge in [0.05, 0.1) is 0 Å². The van der Waals surface area contributed by atoms with Crippen LogP contribution in [0.1, 0.15) is 0 Å². The molecule has 0 radical (unpaired) electrons. The van der Waals surface area contributed by atoms with E-state index in [0.717, 1.165) is 0 Å². The van der Waals surface area contributed by atoms with Crippen LogP contribution in [0.25, 0.3) is 67.9 Å². The Morgan fingerprint density at radius 2 is 0.489 bits per heavy atom. The van der Waals surface area contributed by atoms with E-state index in [1.165, 1.54) is 84.8 Å². The third-order valence-electron chi connectivity index (χ3n) is 9.80. The molecule has 0 aromatic heterocycles. The fraction of sp³-hybridized carbons (Fsp3) is 0. The van der Waals surface area contributed by atoms with Crippen molar-refractivity contribution in [3.05, 3.63) is 187 Å². The van der Waals surface area contributed by atoms with E-state index in [2.05, 4.69) is 170 Å². The van der Waals surface area contributed by atoms with E-state index in [1.54, 1.807) is 0 Å². The van der Waals surface area contributed by atoms with Crippen LogP contribution in [0.15, 0.2) is 146 Å². The summed E-state index contributed by atoms with van der Waals surface area (Å²) in [4.78, 5) is 0. The molecule has 0 atom stereocenters. The van der Waals surface area contributed by atoms with Gasteiger partial charge < -0.3 is 0 Å². The van der Waals surface area contributed by atoms with Crippen molar-refractivity contribution in [3.63, 3.8) is 0 Å². The highest BCUT2D eigenvalue weighted by molar-refractivity contribution is 5.90. The molecule has 0 aliphatic carbocycles. The number of quaternary nitrogens is 1. The Morgan fingerprint density at radius 1 is 0.244 bits per heavy atom. The summed E-state index contributed by atoms with van der Waals surface area (Å²) >= 11 is 0. The summed E-state index contributed by atoms with van der Waals surface area (Å²) in [5, 5.41) is 20.3. The van der Waals surface area contributed by atoms with Gasteiger partial charge in [-0.25, -0.2) is 4.48 Å². The second-order valence-electron chi connectivity index (χ2n) is 12.4. The highest BCUT2D eigenvalue weighted by Gasteiger charge is 2.23. The number of hydrogen-bond donors (Lipinski definition) is 0. The number of nitrogens with zero attached hydrogens (tertiary/aromatic N) is 1. The predicted octanol–water partition coefficient (Wildman–Crippen LogP) is 7.37. The van der Waals surface area contributed by atoms with E-state index in [0.29, 0.717) is 4.48 Å². The Bertz CT molecular complexity index is 2630. The van der Waals surface area contributed by atoms with Gasteiger partial charge >= 0.3 is 0 Å². The molecule has 0 saturated carbocycles. The molecule has 8 aromatic rings. The van der Waals surface area contributed by atoms with E-state index in [4.69, 9.17) is 0 Å². The fourth-order valence-corrected chi connectivity index (χ4v) is 7.89. The SMILES string of the molecule is C1=c2ccc3ccccc3c2=c2c(ccc3ccccc23)=C[N+]12C=c1ccc3ccccc3c1=c1c(ccc3ccccc13)=C2. The third-order valence-corrected chi connectivity index (χ3v) is 9.80. The fourth-order valence-electron chi connectivity index (χ4n) is 7.89. The first-order valence-electron chi connectivity index (χ1n) is 15.6. The number of rotatable bonds is 0. The zero-order chi connectivity index (χ0) is 29.5. The van der Waals surface area contributed by atoms with E-state index < -0.39 is 0 Å². The minimum atomic E-state index is 0.466. The van der Waals surface area contributed by atoms with Crippen LogP contribution < -0.4 is 20.9 Å². The summed E-state index contributed by atoms with van der Waals surface area (Å²) in [5.41, 5.74) is 0. The predicted molar refractivity (Wildman–Crippen MR) is 188 cm³/mol. The van der Waals surface area contributed by atoms with E-state index in [-0.39, 0.29) is 0 Å². The van der Waals surface area contributed by atoms with Crippen LogP contribution in [0.2, 0.25) is 0 Å². The number of fused-ring (bicyclic) bond motifs is 12. The van der Waals surface area contributed by atoms with Gasteiger partial charge in [-0.3, -0.25) is 0 Å². The lowest BCUT2D eigenvalue weighted by molar-refractivity contribution is -0.583. The summed E-state index contributed by atoms with van der Waals surface area (Å²) in [5.74, 6) is 0. The molecule has 1 nitrogen and oxygen atoms in total. The third kappa shape index (κ3) is 3.59. The number of benzene rings is 8. The molecule has 0 bridgehead atoms. The summed E-state index contributed by atoms with van der Waals surface area (Å²) in [6.07, 6.45) is 9.78. The zero-order valence-electron chi connectivity index (χ0n) is 24.6. The maximum Gasteiger partial charge on any atom is 0.118 e. The minimum Gasteiger partial charge on any atom is -0.217 e. The van der Waals surface area contributed by atoms with E-state index in [9.17, 15) is 0 Å². The molecule has 0 fully saturated rings. The van der Waals surface area contributed by atoms with Crippen molar-refractivity contribution in [3.8, 4) is 0 Å². The summed E-state index contributed by atoms with van der Waals surface area (Å²) < 4.78 is 0.466. The lowest BCUT2D eigenvalue weighted by Crippen LogP contribution is -2.31.